The van der Waals surface area contributed by atoms with Crippen molar-refractivity contribution in [3.63, 3.8) is 0 Å². The molecule has 0 aliphatic carbocycles. The highest BCUT2D eigenvalue weighted by molar-refractivity contribution is 6.30. The van der Waals surface area contributed by atoms with E-state index in [4.69, 9.17) is 21.7 Å². The highest BCUT2D eigenvalue weighted by Crippen LogP contribution is 2.42. The van der Waals surface area contributed by atoms with Crippen LogP contribution in [0, 0.1) is 11.7 Å². The fraction of sp³-hybridized carbons (Fsp3) is 0.455. The van der Waals surface area contributed by atoms with Crippen molar-refractivity contribution in [1.29, 1.82) is 0 Å². The summed E-state index contributed by atoms with van der Waals surface area (Å²) in [6.45, 7) is 13.8. The molecule has 4 heterocycles. The lowest BCUT2D eigenvalue weighted by molar-refractivity contribution is -0.136. The van der Waals surface area contributed by atoms with E-state index in [9.17, 15) is 14.0 Å². The first kappa shape index (κ1) is 30.7. The number of amides is 1. The maximum atomic E-state index is 14.3. The van der Waals surface area contributed by atoms with Crippen LogP contribution in [0.2, 0.25) is 5.02 Å². The monoisotopic (exact) mass is 607 g/mol. The van der Waals surface area contributed by atoms with E-state index in [-0.39, 0.29) is 22.8 Å². The molecule has 43 heavy (non-hydrogen) atoms. The van der Waals surface area contributed by atoms with Crippen molar-refractivity contribution in [2.45, 2.75) is 58.4 Å². The third-order valence-electron chi connectivity index (χ3n) is 8.38. The Morgan fingerprint density at radius 3 is 2.42 bits per heavy atom. The van der Waals surface area contributed by atoms with E-state index in [1.807, 2.05) is 43.0 Å². The van der Waals surface area contributed by atoms with Crippen LogP contribution in [-0.2, 0) is 23.1 Å². The van der Waals surface area contributed by atoms with Crippen molar-refractivity contribution < 1.29 is 19.1 Å². The number of nitrogens with zero attached hydrogens (tertiary/aromatic N) is 5. The van der Waals surface area contributed by atoms with Gasteiger partial charge in [0.25, 0.3) is 5.91 Å². The van der Waals surface area contributed by atoms with Gasteiger partial charge in [-0.25, -0.2) is 14.4 Å². The largest absolute Gasteiger partial charge is 0.481 e. The Morgan fingerprint density at radius 2 is 1.79 bits per heavy atom. The molecule has 0 spiro atoms. The van der Waals surface area contributed by atoms with Gasteiger partial charge in [-0.3, -0.25) is 9.59 Å². The normalized spacial score (nSPS) is 19.6. The number of aliphatic carboxylic acids is 1. The number of aromatic nitrogens is 2. The number of pyridine rings is 2. The molecule has 8 nitrogen and oxygen atoms in total. The number of carbonyl (C=O) groups excluding carboxylic acids is 1. The molecule has 0 bridgehead atoms. The minimum Gasteiger partial charge on any atom is -0.481 e. The van der Waals surface area contributed by atoms with Crippen LogP contribution in [0.25, 0.3) is 0 Å². The number of carboxylic acid groups (broad SMARTS) is 1. The summed E-state index contributed by atoms with van der Waals surface area (Å²) in [6.07, 6.45) is 2.16. The first-order valence-corrected chi connectivity index (χ1v) is 15.1. The van der Waals surface area contributed by atoms with E-state index in [1.54, 1.807) is 18.3 Å². The molecule has 5 rings (SSSR count). The summed E-state index contributed by atoms with van der Waals surface area (Å²) >= 11 is 5.93. The minimum atomic E-state index is -0.892. The molecule has 0 saturated carbocycles. The van der Waals surface area contributed by atoms with Gasteiger partial charge in [-0.2, -0.15) is 0 Å². The van der Waals surface area contributed by atoms with Gasteiger partial charge in [0.2, 0.25) is 0 Å². The van der Waals surface area contributed by atoms with E-state index < -0.39 is 17.3 Å². The van der Waals surface area contributed by atoms with Crippen molar-refractivity contribution in [3.05, 3.63) is 81.9 Å². The van der Waals surface area contributed by atoms with Crippen molar-refractivity contribution >= 4 is 35.1 Å². The summed E-state index contributed by atoms with van der Waals surface area (Å²) in [7, 11) is 0. The highest BCUT2D eigenvalue weighted by atomic mass is 35.5. The van der Waals surface area contributed by atoms with Gasteiger partial charge in [0, 0.05) is 49.9 Å². The predicted molar refractivity (Wildman–Crippen MR) is 167 cm³/mol. The summed E-state index contributed by atoms with van der Waals surface area (Å²) < 4.78 is 14.3. The lowest BCUT2D eigenvalue weighted by Gasteiger charge is -2.47. The molecule has 1 unspecified atom stereocenters. The third kappa shape index (κ3) is 6.47. The van der Waals surface area contributed by atoms with Crippen LogP contribution in [0.5, 0.6) is 0 Å². The Kier molecular flexibility index (Phi) is 8.40. The molecule has 0 radical (unpaired) electrons. The maximum Gasteiger partial charge on any atom is 0.307 e. The van der Waals surface area contributed by atoms with Crippen LogP contribution in [0.15, 0.2) is 48.7 Å². The zero-order valence-electron chi connectivity index (χ0n) is 25.4. The van der Waals surface area contributed by atoms with E-state index in [1.165, 1.54) is 6.07 Å². The zero-order valence-corrected chi connectivity index (χ0v) is 26.2. The van der Waals surface area contributed by atoms with Crippen molar-refractivity contribution in [2.75, 3.05) is 42.5 Å². The van der Waals surface area contributed by atoms with Crippen LogP contribution >= 0.6 is 11.6 Å². The second-order valence-electron chi connectivity index (χ2n) is 13.1. The zero-order chi connectivity index (χ0) is 31.1. The van der Waals surface area contributed by atoms with Gasteiger partial charge in [-0.05, 0) is 61.6 Å². The fourth-order valence-electron chi connectivity index (χ4n) is 6.45. The number of hydrogen-bond donors (Lipinski definition) is 1. The Labute approximate surface area is 257 Å². The lowest BCUT2D eigenvalue weighted by atomic mass is 9.79. The average Bonchev–Trinajstić information content (AvgIpc) is 3.19. The van der Waals surface area contributed by atoms with Gasteiger partial charge < -0.3 is 19.8 Å². The van der Waals surface area contributed by atoms with Gasteiger partial charge >= 0.3 is 5.97 Å². The number of benzene rings is 1. The van der Waals surface area contributed by atoms with E-state index in [2.05, 4.69) is 35.6 Å². The molecule has 2 aliphatic rings. The topological polar surface area (TPSA) is 89.9 Å². The summed E-state index contributed by atoms with van der Waals surface area (Å²) in [5, 5.41) is 9.15. The SMILES string of the molecule is CC(C)CN1CC(C)(Cc2ccc(Cl)c(F)c2)c2ccc(C(=O)N3CCN(c4ccc(CC(=O)O)cn4)CC3(C)C)nc21. The van der Waals surface area contributed by atoms with Crippen molar-refractivity contribution in [3.8, 4) is 0 Å². The Bertz CT molecular complexity index is 1530. The summed E-state index contributed by atoms with van der Waals surface area (Å²) in [5.41, 5.74) is 2.18. The number of carbonyl (C=O) groups is 2. The van der Waals surface area contributed by atoms with Crippen LogP contribution < -0.4 is 9.80 Å². The molecule has 1 fully saturated rings. The molecule has 2 aliphatic heterocycles. The summed E-state index contributed by atoms with van der Waals surface area (Å²) in [5.74, 6) is 0.538. The fourth-order valence-corrected chi connectivity index (χ4v) is 6.57. The van der Waals surface area contributed by atoms with Gasteiger partial charge in [0.15, 0.2) is 0 Å². The Morgan fingerprint density at radius 1 is 1.05 bits per heavy atom. The molecule has 10 heteroatoms. The highest BCUT2D eigenvalue weighted by Gasteiger charge is 2.42. The number of carboxylic acids is 1. The second-order valence-corrected chi connectivity index (χ2v) is 13.5. The van der Waals surface area contributed by atoms with Gasteiger partial charge in [-0.1, -0.05) is 50.6 Å². The number of anilines is 2. The summed E-state index contributed by atoms with van der Waals surface area (Å²) in [6, 6.07) is 12.4. The Hall–Kier alpha value is -3.72. The molecule has 1 amide bonds. The second kappa shape index (κ2) is 11.8. The van der Waals surface area contributed by atoms with Crippen LogP contribution in [-0.4, -0.2) is 70.1 Å². The molecule has 1 atom stereocenters. The number of halogens is 2. The molecule has 1 saturated heterocycles. The van der Waals surface area contributed by atoms with E-state index in [0.29, 0.717) is 43.2 Å². The number of piperazine rings is 1. The first-order chi connectivity index (χ1) is 20.3. The average molecular weight is 608 g/mol. The van der Waals surface area contributed by atoms with Gasteiger partial charge in [-0.15, -0.1) is 0 Å². The lowest BCUT2D eigenvalue weighted by Crippen LogP contribution is -2.61. The molecule has 2 aromatic heterocycles. The molecule has 1 aromatic carbocycles. The van der Waals surface area contributed by atoms with Crippen LogP contribution in [0.3, 0.4) is 0 Å². The molecule has 1 N–H and O–H groups in total. The van der Waals surface area contributed by atoms with Gasteiger partial charge in [0.1, 0.15) is 23.1 Å². The minimum absolute atomic E-state index is 0.0672. The number of hydrogen-bond acceptors (Lipinski definition) is 6. The molecule has 228 valence electrons. The van der Waals surface area contributed by atoms with Crippen molar-refractivity contribution in [1.82, 2.24) is 14.9 Å². The smallest absolute Gasteiger partial charge is 0.307 e. The quantitative estimate of drug-likeness (QED) is 0.356. The Balaban J connectivity index is 1.37. The van der Waals surface area contributed by atoms with E-state index >= 15 is 0 Å². The number of rotatable bonds is 8. The standard InChI is InChI=1S/C33H39ClFN5O3/c1-21(2)18-39-20-33(5,16-22-6-9-25(34)26(35)14-22)24-8-10-27(37-30(24)39)31(43)40-13-12-38(19-32(40,3)4)28-11-7-23(17-36-28)15-29(41)42/h6-11,14,17,21H,12-13,15-16,18-20H2,1-5H3,(H,41,42). The van der Waals surface area contributed by atoms with E-state index in [0.717, 1.165) is 35.9 Å². The maximum absolute atomic E-state index is 14.3. The van der Waals surface area contributed by atoms with Crippen molar-refractivity contribution in [2.24, 2.45) is 5.92 Å². The number of fused-ring (bicyclic) bond motifs is 1. The molecule has 3 aromatic rings. The van der Waals surface area contributed by atoms with Crippen LogP contribution in [0.4, 0.5) is 16.0 Å². The summed E-state index contributed by atoms with van der Waals surface area (Å²) in [4.78, 5) is 40.7. The van der Waals surface area contributed by atoms with Crippen LogP contribution in [0.1, 0.15) is 61.8 Å². The molecular weight excluding hydrogens is 569 g/mol. The predicted octanol–water partition coefficient (Wildman–Crippen LogP) is 5.61. The third-order valence-corrected chi connectivity index (χ3v) is 8.69. The van der Waals surface area contributed by atoms with Gasteiger partial charge in [0.05, 0.1) is 17.0 Å². The first-order valence-electron chi connectivity index (χ1n) is 14.7. The molecular formula is C33H39ClFN5O3.